The minimum Gasteiger partial charge on any atom is -0.493 e. The number of halogens is 1. The number of ether oxygens (including phenoxy) is 1. The Balaban J connectivity index is 1.34. The normalized spacial score (nSPS) is 14.2. The first-order valence-electron chi connectivity index (χ1n) is 9.87. The monoisotopic (exact) mass is 401 g/mol. The van der Waals surface area contributed by atoms with Gasteiger partial charge in [0.1, 0.15) is 11.6 Å². The van der Waals surface area contributed by atoms with Crippen LogP contribution in [0.5, 0.6) is 5.75 Å². The Morgan fingerprint density at radius 2 is 1.89 bits per heavy atom. The first-order chi connectivity index (χ1) is 13.5. The Kier molecular flexibility index (Phi) is 7.15. The predicted molar refractivity (Wildman–Crippen MR) is 113 cm³/mol. The van der Waals surface area contributed by atoms with Gasteiger partial charge in [0, 0.05) is 38.8 Å². The van der Waals surface area contributed by atoms with E-state index in [0.29, 0.717) is 18.1 Å². The number of aryl methyl sites for hydroxylation is 2. The van der Waals surface area contributed by atoms with E-state index < -0.39 is 0 Å². The number of nitrogens with zero attached hydrogens (tertiary/aromatic N) is 3. The van der Waals surface area contributed by atoms with Crippen LogP contribution in [0.2, 0.25) is 5.02 Å². The van der Waals surface area contributed by atoms with Crippen molar-refractivity contribution in [2.75, 3.05) is 37.7 Å². The zero-order valence-corrected chi connectivity index (χ0v) is 17.4. The number of benzene rings is 1. The maximum Gasteiger partial charge on any atom is 0.222 e. The molecule has 0 N–H and O–H groups in total. The Bertz CT molecular complexity index is 787. The van der Waals surface area contributed by atoms with Gasteiger partial charge in [-0.15, -0.1) is 0 Å². The van der Waals surface area contributed by atoms with Gasteiger partial charge in [-0.1, -0.05) is 23.7 Å². The number of hydrogen-bond donors (Lipinski definition) is 0. The zero-order chi connectivity index (χ0) is 19.9. The highest BCUT2D eigenvalue weighted by Gasteiger charge is 2.21. The number of amides is 1. The molecule has 1 aromatic carbocycles. The number of carbonyl (C=O) groups is 1. The molecule has 0 unspecified atom stereocenters. The maximum atomic E-state index is 12.5. The van der Waals surface area contributed by atoms with Gasteiger partial charge in [0.15, 0.2) is 0 Å². The molecule has 1 aliphatic heterocycles. The van der Waals surface area contributed by atoms with E-state index in [1.165, 1.54) is 5.56 Å². The Labute approximate surface area is 172 Å². The highest BCUT2D eigenvalue weighted by Crippen LogP contribution is 2.20. The second-order valence-electron chi connectivity index (χ2n) is 7.28. The molecule has 0 bridgehead atoms. The van der Waals surface area contributed by atoms with Crippen LogP contribution in [-0.2, 0) is 4.79 Å². The molecule has 1 aromatic heterocycles. The molecular formula is C22H28ClN3O2. The van der Waals surface area contributed by atoms with Crippen molar-refractivity contribution in [3.8, 4) is 5.75 Å². The van der Waals surface area contributed by atoms with E-state index in [-0.39, 0.29) is 5.91 Å². The summed E-state index contributed by atoms with van der Waals surface area (Å²) in [5.74, 6) is 2.09. The average Bonchev–Trinajstić information content (AvgIpc) is 2.71. The highest BCUT2D eigenvalue weighted by atomic mass is 35.5. The topological polar surface area (TPSA) is 45.7 Å². The molecule has 1 fully saturated rings. The van der Waals surface area contributed by atoms with Gasteiger partial charge in [0.25, 0.3) is 0 Å². The van der Waals surface area contributed by atoms with Crippen LogP contribution >= 0.6 is 11.6 Å². The molecule has 150 valence electrons. The first-order valence-corrected chi connectivity index (χ1v) is 10.2. The van der Waals surface area contributed by atoms with Crippen molar-refractivity contribution in [1.29, 1.82) is 0 Å². The van der Waals surface area contributed by atoms with Gasteiger partial charge < -0.3 is 14.5 Å². The fourth-order valence-corrected chi connectivity index (χ4v) is 3.43. The number of unbranched alkanes of at least 4 members (excludes halogenated alkanes) is 1. The third-order valence-electron chi connectivity index (χ3n) is 5.05. The third kappa shape index (κ3) is 5.61. The van der Waals surface area contributed by atoms with E-state index in [2.05, 4.69) is 41.9 Å². The summed E-state index contributed by atoms with van der Waals surface area (Å²) in [5.41, 5.74) is 2.35. The summed E-state index contributed by atoms with van der Waals surface area (Å²) < 4.78 is 5.87. The van der Waals surface area contributed by atoms with E-state index in [1.54, 1.807) is 6.20 Å². The minimum absolute atomic E-state index is 0.232. The van der Waals surface area contributed by atoms with Crippen molar-refractivity contribution < 1.29 is 9.53 Å². The van der Waals surface area contributed by atoms with Gasteiger partial charge in [0.2, 0.25) is 5.91 Å². The summed E-state index contributed by atoms with van der Waals surface area (Å²) in [5, 5.41) is 0.638. The third-order valence-corrected chi connectivity index (χ3v) is 5.28. The predicted octanol–water partition coefficient (Wildman–Crippen LogP) is 4.25. The lowest BCUT2D eigenvalue weighted by Gasteiger charge is -2.35. The van der Waals surface area contributed by atoms with E-state index in [9.17, 15) is 4.79 Å². The van der Waals surface area contributed by atoms with Crippen molar-refractivity contribution in [3.05, 3.63) is 52.7 Å². The zero-order valence-electron chi connectivity index (χ0n) is 16.7. The summed E-state index contributed by atoms with van der Waals surface area (Å²) in [6.07, 6.45) is 3.97. The number of carbonyl (C=O) groups excluding carboxylic acids is 1. The number of piperazine rings is 1. The molecule has 0 saturated carbocycles. The summed E-state index contributed by atoms with van der Waals surface area (Å²) in [4.78, 5) is 21.0. The van der Waals surface area contributed by atoms with Crippen molar-refractivity contribution in [3.63, 3.8) is 0 Å². The summed E-state index contributed by atoms with van der Waals surface area (Å²) in [6, 6.07) is 10.0. The van der Waals surface area contributed by atoms with Crippen LogP contribution in [0.15, 0.2) is 36.5 Å². The Morgan fingerprint density at radius 1 is 1.11 bits per heavy atom. The minimum atomic E-state index is 0.232. The van der Waals surface area contributed by atoms with Crippen LogP contribution in [0.4, 0.5) is 5.82 Å². The van der Waals surface area contributed by atoms with Gasteiger partial charge >= 0.3 is 0 Å². The van der Waals surface area contributed by atoms with E-state index in [1.807, 2.05) is 17.0 Å². The van der Waals surface area contributed by atoms with Crippen LogP contribution in [-0.4, -0.2) is 48.6 Å². The fraction of sp³-hybridized carbons (Fsp3) is 0.455. The molecule has 0 atom stereocenters. The molecular weight excluding hydrogens is 374 g/mol. The molecule has 3 rings (SSSR count). The molecule has 1 saturated heterocycles. The Morgan fingerprint density at radius 3 is 2.61 bits per heavy atom. The Hall–Kier alpha value is -2.27. The number of hydrogen-bond acceptors (Lipinski definition) is 4. The molecule has 2 heterocycles. The number of aromatic nitrogens is 1. The molecule has 0 spiro atoms. The van der Waals surface area contributed by atoms with Gasteiger partial charge in [-0.05, 0) is 56.0 Å². The van der Waals surface area contributed by atoms with E-state index in [4.69, 9.17) is 16.3 Å². The van der Waals surface area contributed by atoms with E-state index >= 15 is 0 Å². The quantitative estimate of drug-likeness (QED) is 0.650. The smallest absolute Gasteiger partial charge is 0.222 e. The van der Waals surface area contributed by atoms with Crippen molar-refractivity contribution in [2.45, 2.75) is 33.1 Å². The molecule has 2 aromatic rings. The largest absolute Gasteiger partial charge is 0.493 e. The average molecular weight is 402 g/mol. The number of pyridine rings is 1. The maximum absolute atomic E-state index is 12.5. The molecule has 0 radical (unpaired) electrons. The second kappa shape index (κ2) is 9.78. The molecule has 5 nitrogen and oxygen atoms in total. The molecule has 6 heteroatoms. The van der Waals surface area contributed by atoms with E-state index in [0.717, 1.165) is 56.2 Å². The van der Waals surface area contributed by atoms with Crippen molar-refractivity contribution >= 4 is 23.3 Å². The van der Waals surface area contributed by atoms with Gasteiger partial charge in [-0.2, -0.15) is 0 Å². The van der Waals surface area contributed by atoms with Crippen molar-refractivity contribution in [1.82, 2.24) is 9.88 Å². The van der Waals surface area contributed by atoms with Crippen LogP contribution < -0.4 is 9.64 Å². The molecule has 28 heavy (non-hydrogen) atoms. The fourth-order valence-electron chi connectivity index (χ4n) is 3.32. The number of rotatable bonds is 7. The second-order valence-corrected chi connectivity index (χ2v) is 7.71. The van der Waals surface area contributed by atoms with Crippen LogP contribution in [0.25, 0.3) is 0 Å². The van der Waals surface area contributed by atoms with Crippen LogP contribution in [0, 0.1) is 13.8 Å². The lowest BCUT2D eigenvalue weighted by molar-refractivity contribution is -0.131. The lowest BCUT2D eigenvalue weighted by Crippen LogP contribution is -2.49. The lowest BCUT2D eigenvalue weighted by atomic mass is 10.1. The SMILES string of the molecule is Cc1ccc(C)c(OCCCCC(=O)N2CCN(c3ccc(Cl)cn3)CC2)c1. The van der Waals surface area contributed by atoms with Gasteiger partial charge in [0.05, 0.1) is 11.6 Å². The highest BCUT2D eigenvalue weighted by molar-refractivity contribution is 6.30. The first kappa shape index (κ1) is 20.5. The summed E-state index contributed by atoms with van der Waals surface area (Å²) in [6.45, 7) is 7.84. The van der Waals surface area contributed by atoms with Crippen molar-refractivity contribution in [2.24, 2.45) is 0 Å². The standard InChI is InChI=1S/C22H28ClN3O2/c1-17-6-7-18(2)20(15-17)28-14-4-3-5-22(27)26-12-10-25(11-13-26)21-9-8-19(23)16-24-21/h6-9,15-16H,3-5,10-14H2,1-2H3. The summed E-state index contributed by atoms with van der Waals surface area (Å²) in [7, 11) is 0. The molecule has 1 amide bonds. The molecule has 1 aliphatic rings. The number of anilines is 1. The van der Waals surface area contributed by atoms with Gasteiger partial charge in [-0.25, -0.2) is 4.98 Å². The molecule has 0 aliphatic carbocycles. The van der Waals surface area contributed by atoms with Crippen LogP contribution in [0.1, 0.15) is 30.4 Å². The van der Waals surface area contributed by atoms with Crippen LogP contribution in [0.3, 0.4) is 0 Å². The van der Waals surface area contributed by atoms with Gasteiger partial charge in [-0.3, -0.25) is 4.79 Å². The summed E-state index contributed by atoms with van der Waals surface area (Å²) >= 11 is 5.89.